The summed E-state index contributed by atoms with van der Waals surface area (Å²) in [6, 6.07) is 4.25. The molecule has 21 heteroatoms. The van der Waals surface area contributed by atoms with Crippen LogP contribution in [0.15, 0.2) is 32.6 Å². The number of thiophene rings is 1. The number of hydrogen-bond donors (Lipinski definition) is 2. The SMILES string of the molecule is CCc1c(S(=O)(=O)NCP(=O)(O)Oc2ccc(C#N)c(F)c2)sc2c(F)c(OCCN=[N+]=[N-])c(OCCN=[N+]=[N-])c(F)c12. The van der Waals surface area contributed by atoms with Crippen molar-refractivity contribution in [2.24, 2.45) is 10.2 Å². The Balaban J connectivity index is 2.00. The quantitative estimate of drug-likeness (QED) is 0.0680. The van der Waals surface area contributed by atoms with Gasteiger partial charge in [0.1, 0.15) is 28.1 Å². The van der Waals surface area contributed by atoms with Gasteiger partial charge >= 0.3 is 7.60 Å². The van der Waals surface area contributed by atoms with Gasteiger partial charge in [0, 0.05) is 21.3 Å². The Morgan fingerprint density at radius 1 is 1.12 bits per heavy atom. The lowest BCUT2D eigenvalue weighted by Gasteiger charge is -2.15. The number of aryl methyl sites for hydroxylation is 1. The Kier molecular flexibility index (Phi) is 11.1. The van der Waals surface area contributed by atoms with Crippen molar-refractivity contribution in [3.05, 3.63) is 67.7 Å². The molecule has 1 heterocycles. The lowest BCUT2D eigenvalue weighted by molar-refractivity contribution is 0.258. The molecule has 3 aromatic rings. The van der Waals surface area contributed by atoms with Crippen LogP contribution >= 0.6 is 18.9 Å². The summed E-state index contributed by atoms with van der Waals surface area (Å²) in [5.41, 5.74) is 16.3. The molecule has 0 bridgehead atoms. The molecule has 1 atom stereocenters. The van der Waals surface area contributed by atoms with Gasteiger partial charge in [0.15, 0.2) is 11.6 Å². The molecule has 228 valence electrons. The fourth-order valence-corrected chi connectivity index (χ4v) is 8.04. The van der Waals surface area contributed by atoms with Crippen LogP contribution in [0.1, 0.15) is 18.1 Å². The number of rotatable bonds is 15. The summed E-state index contributed by atoms with van der Waals surface area (Å²) < 4.78 is 101. The van der Waals surface area contributed by atoms with Crippen molar-refractivity contribution >= 4 is 39.0 Å². The number of azide groups is 2. The van der Waals surface area contributed by atoms with Crippen molar-refractivity contribution in [3.8, 4) is 23.3 Å². The van der Waals surface area contributed by atoms with Gasteiger partial charge < -0.3 is 18.9 Å². The predicted molar refractivity (Wildman–Crippen MR) is 147 cm³/mol. The minimum atomic E-state index is -4.80. The van der Waals surface area contributed by atoms with Crippen molar-refractivity contribution < 1.29 is 45.0 Å². The third kappa shape index (κ3) is 7.80. The van der Waals surface area contributed by atoms with Crippen LogP contribution < -0.4 is 18.7 Å². The van der Waals surface area contributed by atoms with Crippen LogP contribution in [0, 0.1) is 28.8 Å². The van der Waals surface area contributed by atoms with E-state index in [-0.39, 0.29) is 30.6 Å². The Morgan fingerprint density at radius 2 is 1.72 bits per heavy atom. The highest BCUT2D eigenvalue weighted by Crippen LogP contribution is 2.47. The third-order valence-corrected chi connectivity index (χ3v) is 9.81. The van der Waals surface area contributed by atoms with Crippen LogP contribution in [0.5, 0.6) is 17.2 Å². The predicted octanol–water partition coefficient (Wildman–Crippen LogP) is 5.63. The van der Waals surface area contributed by atoms with Gasteiger partial charge in [-0.25, -0.2) is 26.2 Å². The van der Waals surface area contributed by atoms with Crippen molar-refractivity contribution in [1.29, 1.82) is 5.26 Å². The van der Waals surface area contributed by atoms with E-state index in [1.54, 1.807) is 6.07 Å². The first-order valence-corrected chi connectivity index (χ1v) is 15.9. The second-order valence-corrected chi connectivity index (χ2v) is 12.9. The highest BCUT2D eigenvalue weighted by atomic mass is 32.2. The Hall–Kier alpha value is -4.20. The number of benzene rings is 2. The largest absolute Gasteiger partial charge is 0.487 e. The normalized spacial score (nSPS) is 12.5. The van der Waals surface area contributed by atoms with Gasteiger partial charge in [0.05, 0.1) is 36.6 Å². The van der Waals surface area contributed by atoms with Gasteiger partial charge in [-0.05, 0) is 35.2 Å². The standard InChI is InChI=1S/C22H20F3N8O7PS2/c1-2-14-16-17(24)19(38-7-5-29-32-27)20(39-8-6-30-33-28)18(25)21(16)42-22(14)43(36,37)31-11-41(34,35)40-13-4-3-12(10-26)15(23)9-13/h3-4,9,31H,2,5-8,11H2,1H3,(H,34,35). The summed E-state index contributed by atoms with van der Waals surface area (Å²) in [5.74, 6) is -5.37. The zero-order valence-electron chi connectivity index (χ0n) is 21.9. The van der Waals surface area contributed by atoms with Gasteiger partial charge in [-0.1, -0.05) is 17.2 Å². The van der Waals surface area contributed by atoms with Crippen molar-refractivity contribution in [3.63, 3.8) is 0 Å². The molecule has 3 rings (SSSR count). The van der Waals surface area contributed by atoms with Crippen LogP contribution in [0.2, 0.25) is 0 Å². The molecule has 0 aliphatic heterocycles. The van der Waals surface area contributed by atoms with Crippen LogP contribution in [-0.2, 0) is 21.0 Å². The lowest BCUT2D eigenvalue weighted by Crippen LogP contribution is -2.26. The second-order valence-electron chi connectivity index (χ2n) is 8.11. The number of nitrogens with zero attached hydrogens (tertiary/aromatic N) is 7. The molecule has 0 amide bonds. The lowest BCUT2D eigenvalue weighted by atomic mass is 10.1. The summed E-state index contributed by atoms with van der Waals surface area (Å²) in [7, 11) is -9.50. The van der Waals surface area contributed by atoms with Crippen LogP contribution in [0.25, 0.3) is 31.0 Å². The summed E-state index contributed by atoms with van der Waals surface area (Å²) in [4.78, 5) is 15.2. The molecule has 0 aliphatic carbocycles. The molecule has 15 nitrogen and oxygen atoms in total. The Labute approximate surface area is 245 Å². The van der Waals surface area contributed by atoms with Gasteiger partial charge in [-0.15, -0.1) is 11.3 Å². The molecular weight excluding hydrogens is 640 g/mol. The number of nitriles is 1. The van der Waals surface area contributed by atoms with Crippen LogP contribution in [0.3, 0.4) is 0 Å². The first kappa shape index (κ1) is 33.3. The molecule has 0 radical (unpaired) electrons. The van der Waals surface area contributed by atoms with E-state index in [0.717, 1.165) is 12.1 Å². The maximum atomic E-state index is 15.8. The number of hydrogen-bond acceptors (Lipinski definition) is 10. The fourth-order valence-electron chi connectivity index (χ4n) is 3.58. The second kappa shape index (κ2) is 14.3. The van der Waals surface area contributed by atoms with Crippen LogP contribution in [0.4, 0.5) is 13.2 Å². The first-order chi connectivity index (χ1) is 20.4. The molecule has 1 unspecified atom stereocenters. The average molecular weight is 661 g/mol. The number of nitrogens with one attached hydrogen (secondary N) is 1. The van der Waals surface area contributed by atoms with E-state index in [1.165, 1.54) is 6.92 Å². The van der Waals surface area contributed by atoms with Gasteiger partial charge in [0.2, 0.25) is 11.5 Å². The number of fused-ring (bicyclic) bond motifs is 1. The Bertz CT molecular complexity index is 1840. The molecule has 0 aliphatic rings. The molecule has 0 spiro atoms. The van der Waals surface area contributed by atoms with E-state index < -0.39 is 86.1 Å². The van der Waals surface area contributed by atoms with E-state index in [1.807, 2.05) is 4.72 Å². The molecule has 0 fully saturated rings. The van der Waals surface area contributed by atoms with E-state index in [0.29, 0.717) is 17.4 Å². The van der Waals surface area contributed by atoms with Gasteiger partial charge in [-0.3, -0.25) is 0 Å². The smallest absolute Gasteiger partial charge is 0.391 e. The zero-order valence-corrected chi connectivity index (χ0v) is 24.4. The van der Waals surface area contributed by atoms with E-state index >= 15 is 8.78 Å². The molecule has 1 aromatic heterocycles. The summed E-state index contributed by atoms with van der Waals surface area (Å²) in [6.07, 6.45) is -1.35. The van der Waals surface area contributed by atoms with Crippen molar-refractivity contribution in [1.82, 2.24) is 4.72 Å². The van der Waals surface area contributed by atoms with Crippen LogP contribution in [-0.4, -0.2) is 45.9 Å². The maximum Gasteiger partial charge on any atom is 0.391 e. The monoisotopic (exact) mass is 660 g/mol. The van der Waals surface area contributed by atoms with E-state index in [2.05, 4.69) is 20.1 Å². The number of sulfonamides is 1. The molecule has 0 saturated carbocycles. The summed E-state index contributed by atoms with van der Waals surface area (Å²) >= 11 is 0.313. The highest BCUT2D eigenvalue weighted by Gasteiger charge is 2.33. The zero-order chi connectivity index (χ0) is 31.8. The third-order valence-electron chi connectivity index (χ3n) is 5.36. The molecule has 2 aromatic carbocycles. The van der Waals surface area contributed by atoms with Gasteiger partial charge in [0.25, 0.3) is 10.0 Å². The van der Waals surface area contributed by atoms with Gasteiger partial charge in [-0.2, -0.15) is 9.98 Å². The maximum absolute atomic E-state index is 15.8. The fraction of sp³-hybridized carbons (Fsp3) is 0.318. The summed E-state index contributed by atoms with van der Waals surface area (Å²) in [6.45, 7) is 0.141. The highest BCUT2D eigenvalue weighted by molar-refractivity contribution is 7.92. The number of halogens is 3. The topological polar surface area (TPSA) is 232 Å². The Morgan fingerprint density at radius 3 is 2.26 bits per heavy atom. The first-order valence-electron chi connectivity index (χ1n) is 11.8. The molecule has 43 heavy (non-hydrogen) atoms. The molecular formula is C22H20F3N8O7PS2. The van der Waals surface area contributed by atoms with Crippen molar-refractivity contribution in [2.75, 3.05) is 32.6 Å². The minimum Gasteiger partial charge on any atom is -0.487 e. The number of ether oxygens (including phenoxy) is 2. The van der Waals surface area contributed by atoms with E-state index in [9.17, 15) is 22.3 Å². The summed E-state index contributed by atoms with van der Waals surface area (Å²) in [5, 5.41) is 14.8. The molecule has 0 saturated heterocycles. The average Bonchev–Trinajstić information content (AvgIpc) is 3.37. The van der Waals surface area contributed by atoms with E-state index in [4.69, 9.17) is 30.3 Å². The molecule has 2 N–H and O–H groups in total. The minimum absolute atomic E-state index is 0.139. The van der Waals surface area contributed by atoms with Crippen molar-refractivity contribution in [2.45, 2.75) is 17.6 Å².